The molecule has 0 rings (SSSR count). The summed E-state index contributed by atoms with van der Waals surface area (Å²) in [6.07, 6.45) is 1.01. The average molecular weight is 266 g/mol. The van der Waals surface area contributed by atoms with Crippen molar-refractivity contribution in [2.75, 3.05) is 6.61 Å². The second-order valence-electron chi connectivity index (χ2n) is 0.827. The van der Waals surface area contributed by atoms with E-state index in [2.05, 4.69) is 0 Å². The molecule has 0 atom stereocenters. The van der Waals surface area contributed by atoms with Crippen molar-refractivity contribution in [3.8, 4) is 0 Å². The predicted octanol–water partition coefficient (Wildman–Crippen LogP) is -0.0444. The first-order valence-electron chi connectivity index (χ1n) is 1.67. The number of hydrogen-bond acceptors (Lipinski definition) is 1. The van der Waals surface area contributed by atoms with Crippen molar-refractivity contribution in [2.45, 2.75) is 10.4 Å². The molecule has 0 aromatic heterocycles. The van der Waals surface area contributed by atoms with Gasteiger partial charge in [-0.25, -0.2) is 0 Å². The van der Waals surface area contributed by atoms with Crippen LogP contribution in [0.1, 0.15) is 6.42 Å². The quantitative estimate of drug-likeness (QED) is 0.695. The zero-order chi connectivity index (χ0) is 4.12. The molecular formula is C3H7OPb. The minimum atomic E-state index is 0.378. The molecule has 2 heteroatoms. The van der Waals surface area contributed by atoms with Crippen LogP contribution in [0, 0.1) is 0 Å². The Balaban J connectivity index is 2.19. The van der Waals surface area contributed by atoms with E-state index in [9.17, 15) is 0 Å². The van der Waals surface area contributed by atoms with E-state index in [1.807, 2.05) is 0 Å². The normalized spacial score (nSPS) is 8.40. The molecule has 5 heavy (non-hydrogen) atoms. The fourth-order valence-corrected chi connectivity index (χ4v) is 0.694. The number of rotatable bonds is 2. The van der Waals surface area contributed by atoms with E-state index in [4.69, 9.17) is 5.11 Å². The summed E-state index contributed by atoms with van der Waals surface area (Å²) >= 11 is 1.24. The Kier molecular flexibility index (Phi) is 5.74. The molecule has 0 aliphatic heterocycles. The van der Waals surface area contributed by atoms with Gasteiger partial charge in [0, 0.05) is 0 Å². The second kappa shape index (κ2) is 4.88. The van der Waals surface area contributed by atoms with Gasteiger partial charge < -0.3 is 0 Å². The molecule has 1 nitrogen and oxygen atoms in total. The summed E-state index contributed by atoms with van der Waals surface area (Å²) in [6, 6.07) is 0. The topological polar surface area (TPSA) is 20.2 Å². The molecule has 0 aromatic rings. The van der Waals surface area contributed by atoms with Gasteiger partial charge in [0.1, 0.15) is 0 Å². The molecule has 29 valence electrons. The van der Waals surface area contributed by atoms with Gasteiger partial charge in [0.25, 0.3) is 0 Å². The van der Waals surface area contributed by atoms with Crippen LogP contribution in [0.15, 0.2) is 0 Å². The number of hydrogen-bond donors (Lipinski definition) is 1. The third-order valence-electron chi connectivity index (χ3n) is 0.335. The van der Waals surface area contributed by atoms with E-state index in [-0.39, 0.29) is 0 Å². The fraction of sp³-hybridized carbons (Fsp3) is 1.00. The SMILES string of the molecule is OCC[CH2][Pb]. The monoisotopic (exact) mass is 267 g/mol. The number of aliphatic hydroxyl groups excluding tert-OH is 1. The summed E-state index contributed by atoms with van der Waals surface area (Å²) in [5.41, 5.74) is 0. The first-order valence-corrected chi connectivity index (χ1v) is 4.42. The first kappa shape index (κ1) is 5.88. The van der Waals surface area contributed by atoms with Gasteiger partial charge in [-0.2, -0.15) is 0 Å². The average Bonchev–Trinajstić information content (AvgIpc) is 1.41. The van der Waals surface area contributed by atoms with Crippen molar-refractivity contribution in [1.82, 2.24) is 0 Å². The van der Waals surface area contributed by atoms with Crippen molar-refractivity contribution >= 4 is 25.8 Å². The molecule has 0 aromatic carbocycles. The molecule has 0 saturated heterocycles. The molecule has 0 aliphatic rings. The van der Waals surface area contributed by atoms with E-state index < -0.39 is 0 Å². The second-order valence-corrected chi connectivity index (χ2v) is 2.77. The summed E-state index contributed by atoms with van der Waals surface area (Å²) in [6.45, 7) is 0.378. The van der Waals surface area contributed by atoms with Crippen molar-refractivity contribution in [3.63, 3.8) is 0 Å². The van der Waals surface area contributed by atoms with Crippen molar-refractivity contribution in [2.24, 2.45) is 0 Å². The summed E-state index contributed by atoms with van der Waals surface area (Å²) < 4.78 is 1.23. The van der Waals surface area contributed by atoms with Crippen LogP contribution in [0.5, 0.6) is 0 Å². The van der Waals surface area contributed by atoms with Gasteiger partial charge >= 0.3 is 47.9 Å². The van der Waals surface area contributed by atoms with Gasteiger partial charge in [-0.1, -0.05) is 0 Å². The van der Waals surface area contributed by atoms with E-state index in [1.165, 1.54) is 29.7 Å². The van der Waals surface area contributed by atoms with E-state index in [1.54, 1.807) is 0 Å². The Morgan fingerprint density at radius 2 is 2.20 bits per heavy atom. The third kappa shape index (κ3) is 4.88. The third-order valence-corrected chi connectivity index (χ3v) is 1.71. The zero-order valence-electron chi connectivity index (χ0n) is 3.07. The molecule has 3 radical (unpaired) electrons. The summed E-state index contributed by atoms with van der Waals surface area (Å²) in [4.78, 5) is 0. The van der Waals surface area contributed by atoms with Crippen LogP contribution in [0.4, 0.5) is 0 Å². The summed E-state index contributed by atoms with van der Waals surface area (Å²) in [7, 11) is 0. The molecule has 0 amide bonds. The molecular weight excluding hydrogens is 259 g/mol. The standard InChI is InChI=1S/C3H7O.Pb/c1-2-3-4;/h4H,1-3H2;. The minimum absolute atomic E-state index is 0.378. The van der Waals surface area contributed by atoms with Crippen molar-refractivity contribution < 1.29 is 5.11 Å². The maximum absolute atomic E-state index is 8.09. The van der Waals surface area contributed by atoms with Crippen molar-refractivity contribution in [3.05, 3.63) is 0 Å². The molecule has 0 saturated carbocycles. The first-order chi connectivity index (χ1) is 2.41. The summed E-state index contributed by atoms with van der Waals surface area (Å²) in [5.74, 6) is 0. The van der Waals surface area contributed by atoms with Crippen LogP contribution in [-0.4, -0.2) is 37.5 Å². The van der Waals surface area contributed by atoms with Crippen LogP contribution in [0.25, 0.3) is 0 Å². The van der Waals surface area contributed by atoms with Crippen LogP contribution in [-0.2, 0) is 0 Å². The molecule has 1 N–H and O–H groups in total. The van der Waals surface area contributed by atoms with Gasteiger partial charge in [0.2, 0.25) is 0 Å². The predicted molar refractivity (Wildman–Crippen MR) is 22.3 cm³/mol. The Morgan fingerprint density at radius 1 is 1.60 bits per heavy atom. The van der Waals surface area contributed by atoms with E-state index in [0.29, 0.717) is 6.61 Å². The fourth-order valence-electron chi connectivity index (χ4n) is 0.0791. The Labute approximate surface area is 48.1 Å². The Hall–Kier alpha value is 0.882. The van der Waals surface area contributed by atoms with Gasteiger partial charge in [-0.3, -0.25) is 0 Å². The van der Waals surface area contributed by atoms with Crippen LogP contribution in [0.2, 0.25) is 3.98 Å². The molecule has 0 fully saturated rings. The Morgan fingerprint density at radius 3 is 2.20 bits per heavy atom. The number of aliphatic hydroxyl groups is 1. The molecule has 0 spiro atoms. The summed E-state index contributed by atoms with van der Waals surface area (Å²) in [5, 5.41) is 8.09. The molecule has 0 unspecified atom stereocenters. The van der Waals surface area contributed by atoms with Gasteiger partial charge in [-0.15, -0.1) is 0 Å². The van der Waals surface area contributed by atoms with Crippen LogP contribution < -0.4 is 0 Å². The molecule has 0 bridgehead atoms. The van der Waals surface area contributed by atoms with Crippen LogP contribution >= 0.6 is 0 Å². The van der Waals surface area contributed by atoms with E-state index in [0.717, 1.165) is 6.42 Å². The van der Waals surface area contributed by atoms with Crippen LogP contribution in [0.3, 0.4) is 0 Å². The maximum atomic E-state index is 8.09. The van der Waals surface area contributed by atoms with Gasteiger partial charge in [-0.05, 0) is 0 Å². The zero-order valence-corrected chi connectivity index (χ0v) is 6.96. The molecule has 0 heterocycles. The molecule has 0 aliphatic carbocycles. The van der Waals surface area contributed by atoms with Crippen molar-refractivity contribution in [1.29, 1.82) is 0 Å². The Bertz CT molecular complexity index is 14.4. The van der Waals surface area contributed by atoms with E-state index >= 15 is 0 Å². The van der Waals surface area contributed by atoms with Gasteiger partial charge in [0.15, 0.2) is 0 Å². The van der Waals surface area contributed by atoms with Gasteiger partial charge in [0.05, 0.1) is 0 Å².